The fourth-order valence-electron chi connectivity index (χ4n) is 2.31. The van der Waals surface area contributed by atoms with Crippen LogP contribution in [0.4, 0.5) is 0 Å². The number of para-hydroxylation sites is 1. The first-order chi connectivity index (χ1) is 11.1. The van der Waals surface area contributed by atoms with E-state index < -0.39 is 0 Å². The van der Waals surface area contributed by atoms with E-state index in [9.17, 15) is 14.4 Å². The van der Waals surface area contributed by atoms with Gasteiger partial charge in [-0.25, -0.2) is 4.98 Å². The van der Waals surface area contributed by atoms with Crippen molar-refractivity contribution in [3.8, 4) is 0 Å². The smallest absolute Gasteiger partial charge is 0.261 e. The first-order valence-corrected chi connectivity index (χ1v) is 7.64. The van der Waals surface area contributed by atoms with E-state index in [0.717, 1.165) is 12.8 Å². The minimum Gasteiger partial charge on any atom is -0.354 e. The molecule has 1 saturated carbocycles. The fraction of sp³-hybridized carbons (Fsp3) is 0.375. The van der Waals surface area contributed by atoms with E-state index >= 15 is 0 Å². The Morgan fingerprint density at radius 2 is 1.91 bits per heavy atom. The highest BCUT2D eigenvalue weighted by Gasteiger charge is 2.28. The van der Waals surface area contributed by atoms with Crippen LogP contribution in [0.3, 0.4) is 0 Å². The second-order valence-corrected chi connectivity index (χ2v) is 5.61. The first-order valence-electron chi connectivity index (χ1n) is 7.64. The van der Waals surface area contributed by atoms with E-state index in [4.69, 9.17) is 0 Å². The number of hydrogen-bond acceptors (Lipinski definition) is 4. The molecule has 1 aliphatic carbocycles. The number of benzene rings is 1. The molecule has 0 aliphatic heterocycles. The van der Waals surface area contributed by atoms with Gasteiger partial charge in [-0.3, -0.25) is 19.0 Å². The monoisotopic (exact) mass is 314 g/mol. The molecule has 120 valence electrons. The summed E-state index contributed by atoms with van der Waals surface area (Å²) >= 11 is 0. The lowest BCUT2D eigenvalue weighted by molar-refractivity contribution is -0.123. The topological polar surface area (TPSA) is 93.1 Å². The van der Waals surface area contributed by atoms with Gasteiger partial charge in [0.1, 0.15) is 6.54 Å². The number of nitrogens with one attached hydrogen (secondary N) is 2. The number of aromatic nitrogens is 2. The van der Waals surface area contributed by atoms with Crippen LogP contribution in [0.25, 0.3) is 10.9 Å². The van der Waals surface area contributed by atoms with E-state index in [2.05, 4.69) is 15.6 Å². The van der Waals surface area contributed by atoms with Gasteiger partial charge in [-0.1, -0.05) is 12.1 Å². The third kappa shape index (κ3) is 3.74. The third-order valence-corrected chi connectivity index (χ3v) is 3.74. The molecule has 2 N–H and O–H groups in total. The molecule has 3 rings (SSSR count). The number of carbonyl (C=O) groups is 2. The van der Waals surface area contributed by atoms with Crippen molar-refractivity contribution in [2.75, 3.05) is 13.1 Å². The summed E-state index contributed by atoms with van der Waals surface area (Å²) in [5.74, 6) is -0.0768. The second-order valence-electron chi connectivity index (χ2n) is 5.61. The molecule has 0 atom stereocenters. The maximum absolute atomic E-state index is 12.3. The average molecular weight is 314 g/mol. The predicted molar refractivity (Wildman–Crippen MR) is 84.7 cm³/mol. The summed E-state index contributed by atoms with van der Waals surface area (Å²) in [7, 11) is 0. The van der Waals surface area contributed by atoms with E-state index in [1.807, 2.05) is 6.07 Å². The molecular weight excluding hydrogens is 296 g/mol. The molecule has 0 radical (unpaired) electrons. The highest BCUT2D eigenvalue weighted by atomic mass is 16.2. The van der Waals surface area contributed by atoms with E-state index in [0.29, 0.717) is 24.0 Å². The quantitative estimate of drug-likeness (QED) is 0.736. The average Bonchev–Trinajstić information content (AvgIpc) is 3.39. The number of fused-ring (bicyclic) bond motifs is 1. The highest BCUT2D eigenvalue weighted by molar-refractivity contribution is 5.81. The van der Waals surface area contributed by atoms with Crippen molar-refractivity contribution in [1.29, 1.82) is 0 Å². The molecule has 23 heavy (non-hydrogen) atoms. The Bertz CT molecular complexity index is 795. The van der Waals surface area contributed by atoms with Gasteiger partial charge in [0, 0.05) is 19.0 Å². The summed E-state index contributed by atoms with van der Waals surface area (Å²) in [6.45, 7) is 0.645. The zero-order valence-electron chi connectivity index (χ0n) is 12.6. The van der Waals surface area contributed by atoms with Crippen molar-refractivity contribution < 1.29 is 9.59 Å². The molecule has 2 amide bonds. The van der Waals surface area contributed by atoms with Gasteiger partial charge < -0.3 is 10.6 Å². The SMILES string of the molecule is O=C(Cn1cnc2ccccc2c1=O)NCCNC(=O)C1CC1. The van der Waals surface area contributed by atoms with Gasteiger partial charge in [0.25, 0.3) is 5.56 Å². The highest BCUT2D eigenvalue weighted by Crippen LogP contribution is 2.28. The van der Waals surface area contributed by atoms with Crippen molar-refractivity contribution in [3.05, 3.63) is 40.9 Å². The lowest BCUT2D eigenvalue weighted by Gasteiger charge is -2.08. The van der Waals surface area contributed by atoms with Crippen molar-refractivity contribution in [2.45, 2.75) is 19.4 Å². The molecule has 1 aliphatic rings. The van der Waals surface area contributed by atoms with Crippen LogP contribution < -0.4 is 16.2 Å². The van der Waals surface area contributed by atoms with Crippen LogP contribution >= 0.6 is 0 Å². The number of carbonyl (C=O) groups excluding carboxylic acids is 2. The van der Waals surface area contributed by atoms with Crippen LogP contribution in [-0.4, -0.2) is 34.5 Å². The summed E-state index contributed by atoms with van der Waals surface area (Å²) in [6.07, 6.45) is 3.28. The zero-order valence-corrected chi connectivity index (χ0v) is 12.6. The van der Waals surface area contributed by atoms with Crippen molar-refractivity contribution in [2.24, 2.45) is 5.92 Å². The predicted octanol–water partition coefficient (Wildman–Crippen LogP) is 0.0389. The lowest BCUT2D eigenvalue weighted by atomic mass is 10.2. The van der Waals surface area contributed by atoms with Crippen LogP contribution in [-0.2, 0) is 16.1 Å². The Hall–Kier alpha value is -2.70. The molecule has 0 bridgehead atoms. The molecule has 2 aromatic rings. The van der Waals surface area contributed by atoms with Gasteiger partial charge in [0.15, 0.2) is 0 Å². The van der Waals surface area contributed by atoms with Crippen molar-refractivity contribution >= 4 is 22.7 Å². The molecule has 1 aromatic heterocycles. The molecule has 1 fully saturated rings. The maximum atomic E-state index is 12.3. The van der Waals surface area contributed by atoms with E-state index in [1.54, 1.807) is 18.2 Å². The molecule has 0 unspecified atom stereocenters. The number of rotatable bonds is 6. The molecule has 1 aromatic carbocycles. The van der Waals surface area contributed by atoms with Crippen molar-refractivity contribution in [1.82, 2.24) is 20.2 Å². The molecule has 7 nitrogen and oxygen atoms in total. The minimum atomic E-state index is -0.287. The minimum absolute atomic E-state index is 0.0502. The molecular formula is C16H18N4O3. The van der Waals surface area contributed by atoms with E-state index in [-0.39, 0.29) is 29.8 Å². The van der Waals surface area contributed by atoms with Gasteiger partial charge in [0.2, 0.25) is 11.8 Å². The molecule has 0 saturated heterocycles. The maximum Gasteiger partial charge on any atom is 0.261 e. The number of nitrogens with zero attached hydrogens (tertiary/aromatic N) is 2. The van der Waals surface area contributed by atoms with Crippen LogP contribution in [0.5, 0.6) is 0 Å². The fourth-order valence-corrected chi connectivity index (χ4v) is 2.31. The standard InChI is InChI=1S/C16H18N4O3/c21-14(17-7-8-18-15(22)11-5-6-11)9-20-10-19-13-4-2-1-3-12(13)16(20)23/h1-4,10-11H,5-9H2,(H,17,21)(H,18,22). The van der Waals surface area contributed by atoms with Crippen LogP contribution in [0.1, 0.15) is 12.8 Å². The molecule has 1 heterocycles. The summed E-state index contributed by atoms with van der Waals surface area (Å²) < 4.78 is 1.28. The Labute approximate surface area is 132 Å². The number of hydrogen-bond donors (Lipinski definition) is 2. The zero-order chi connectivity index (χ0) is 16.2. The Balaban J connectivity index is 1.52. The van der Waals surface area contributed by atoms with Crippen LogP contribution in [0.15, 0.2) is 35.4 Å². The van der Waals surface area contributed by atoms with Crippen LogP contribution in [0.2, 0.25) is 0 Å². The third-order valence-electron chi connectivity index (χ3n) is 3.74. The lowest BCUT2D eigenvalue weighted by Crippen LogP contribution is -2.38. The normalized spacial score (nSPS) is 13.7. The van der Waals surface area contributed by atoms with Crippen LogP contribution in [0, 0.1) is 5.92 Å². The van der Waals surface area contributed by atoms with Gasteiger partial charge in [-0.15, -0.1) is 0 Å². The van der Waals surface area contributed by atoms with Gasteiger partial charge in [-0.05, 0) is 25.0 Å². The molecule has 7 heteroatoms. The largest absolute Gasteiger partial charge is 0.354 e. The first kappa shape index (κ1) is 15.2. The van der Waals surface area contributed by atoms with Gasteiger partial charge in [0.05, 0.1) is 17.2 Å². The summed E-state index contributed by atoms with van der Waals surface area (Å²) in [5.41, 5.74) is 0.365. The summed E-state index contributed by atoms with van der Waals surface area (Å²) in [5, 5.41) is 5.93. The molecule has 0 spiro atoms. The summed E-state index contributed by atoms with van der Waals surface area (Å²) in [6, 6.07) is 7.01. The Morgan fingerprint density at radius 1 is 1.17 bits per heavy atom. The Kier molecular flexibility index (Phi) is 4.36. The number of amides is 2. The van der Waals surface area contributed by atoms with Crippen molar-refractivity contribution in [3.63, 3.8) is 0 Å². The second kappa shape index (κ2) is 6.60. The van der Waals surface area contributed by atoms with Gasteiger partial charge in [-0.2, -0.15) is 0 Å². The summed E-state index contributed by atoms with van der Waals surface area (Å²) in [4.78, 5) is 39.7. The van der Waals surface area contributed by atoms with E-state index in [1.165, 1.54) is 10.9 Å². The van der Waals surface area contributed by atoms with Gasteiger partial charge >= 0.3 is 0 Å². The Morgan fingerprint density at radius 3 is 2.70 bits per heavy atom.